The van der Waals surface area contributed by atoms with Crippen LogP contribution in [0.1, 0.15) is 154 Å². The number of hydrogen-bond donors (Lipinski definition) is 0. The summed E-state index contributed by atoms with van der Waals surface area (Å²) in [5.74, 6) is 0. The normalized spacial score (nSPS) is 23.7. The Balaban J connectivity index is 1.46. The molecule has 0 aliphatic heterocycles. The van der Waals surface area contributed by atoms with Crippen LogP contribution in [0.5, 0.6) is 0 Å². The van der Waals surface area contributed by atoms with Crippen molar-refractivity contribution in [2.24, 2.45) is 0 Å². The van der Waals surface area contributed by atoms with Crippen LogP contribution in [0.3, 0.4) is 0 Å². The molecular weight excluding hydrogens is 648 g/mol. The van der Waals surface area contributed by atoms with E-state index < -0.39 is 37.3 Å². The lowest BCUT2D eigenvalue weighted by molar-refractivity contribution is 0.311. The summed E-state index contributed by atoms with van der Waals surface area (Å²) >= 11 is -3.57. The van der Waals surface area contributed by atoms with E-state index in [0.29, 0.717) is 0 Å². The van der Waals surface area contributed by atoms with Crippen molar-refractivity contribution in [3.05, 3.63) is 68.3 Å². The molecule has 0 aromatic carbocycles. The molecule has 6 aliphatic carbocycles. The molecule has 0 atom stereocenters. The maximum absolute atomic E-state index is 15.5. The first-order valence-corrected chi connectivity index (χ1v) is 24.7. The van der Waals surface area contributed by atoms with E-state index in [-0.39, 0.29) is 0 Å². The molecule has 0 spiro atoms. The zero-order chi connectivity index (χ0) is 31.9. The lowest BCUT2D eigenvalue weighted by Crippen LogP contribution is -2.27. The summed E-state index contributed by atoms with van der Waals surface area (Å²) in [7, 11) is -10.6. The molecule has 0 saturated carbocycles. The molecule has 0 bridgehead atoms. The van der Waals surface area contributed by atoms with Crippen LogP contribution < -0.4 is 0 Å². The van der Waals surface area contributed by atoms with E-state index in [9.17, 15) is 0 Å². The van der Waals surface area contributed by atoms with Gasteiger partial charge in [0.05, 0.1) is 0 Å². The van der Waals surface area contributed by atoms with Crippen LogP contribution in [-0.2, 0) is 24.4 Å². The van der Waals surface area contributed by atoms with Gasteiger partial charge in [-0.05, 0) is 154 Å². The van der Waals surface area contributed by atoms with E-state index in [1.165, 1.54) is 0 Å². The van der Waals surface area contributed by atoms with Gasteiger partial charge in [-0.3, -0.25) is 13.7 Å². The Morgan fingerprint density at radius 1 is 0.348 bits per heavy atom. The predicted molar refractivity (Wildman–Crippen MR) is 191 cm³/mol. The molecule has 0 aromatic rings. The second kappa shape index (κ2) is 16.5. The van der Waals surface area contributed by atoms with Gasteiger partial charge in [0.15, 0.2) is 0 Å². The van der Waals surface area contributed by atoms with Crippen molar-refractivity contribution in [3.8, 4) is 0 Å². The minimum absolute atomic E-state index is 0.720. The summed E-state index contributed by atoms with van der Waals surface area (Å²) in [6, 6.07) is 0. The molecule has 0 radical (unpaired) electrons. The fourth-order valence-electron chi connectivity index (χ4n) is 7.91. The van der Waals surface area contributed by atoms with Crippen LogP contribution in [0.4, 0.5) is 0 Å². The monoisotopic (exact) mass is 702 g/mol. The summed E-state index contributed by atoms with van der Waals surface area (Å²) in [6.45, 7) is 0. The Hall–Kier alpha value is -0.458. The predicted octanol–water partition coefficient (Wildman–Crippen LogP) is 13.6. The summed E-state index contributed by atoms with van der Waals surface area (Å²) in [5, 5.41) is 5.10. The van der Waals surface area contributed by atoms with Gasteiger partial charge in [-0.25, -0.2) is 0 Å². The van der Waals surface area contributed by atoms with Gasteiger partial charge in [0, 0.05) is 31.9 Å². The molecule has 6 rings (SSSR count). The Morgan fingerprint density at radius 3 is 0.696 bits per heavy atom. The van der Waals surface area contributed by atoms with Gasteiger partial charge in [-0.1, -0.05) is 36.5 Å². The minimum atomic E-state index is -3.57. The van der Waals surface area contributed by atoms with E-state index in [1.807, 2.05) is 0 Å². The van der Waals surface area contributed by atoms with Crippen molar-refractivity contribution in [3.63, 3.8) is 0 Å². The Kier molecular flexibility index (Phi) is 12.7. The third kappa shape index (κ3) is 8.12. The first-order chi connectivity index (χ1) is 22.4. The zero-order valence-corrected chi connectivity index (χ0v) is 31.6. The third-order valence-electron chi connectivity index (χ3n) is 10.6. The highest BCUT2D eigenvalue weighted by molar-refractivity contribution is 7.71. The fourth-order valence-corrected chi connectivity index (χ4v) is 21.6. The van der Waals surface area contributed by atoms with E-state index in [2.05, 4.69) is 36.5 Å². The van der Waals surface area contributed by atoms with Crippen molar-refractivity contribution < 1.29 is 24.4 Å². The SMILES string of the molecule is O=P([O][Al]([O]P(=O)(C1=CCCCC1)C1=CCCCC1)[O]P(=O)(C1=CCCCC1)C1=CCCCC1)(C1=CCCCC1)C1=CCCCC1. The Morgan fingerprint density at radius 2 is 0.543 bits per heavy atom. The highest BCUT2D eigenvalue weighted by Crippen LogP contribution is 2.73. The van der Waals surface area contributed by atoms with Gasteiger partial charge < -0.3 is 10.7 Å². The summed E-state index contributed by atoms with van der Waals surface area (Å²) in [5.41, 5.74) is 0. The Labute approximate surface area is 283 Å². The molecule has 0 saturated heterocycles. The molecule has 10 heteroatoms. The van der Waals surface area contributed by atoms with Crippen LogP contribution >= 0.6 is 22.1 Å². The van der Waals surface area contributed by atoms with Crippen LogP contribution in [0, 0.1) is 0 Å². The van der Waals surface area contributed by atoms with Crippen molar-refractivity contribution in [2.45, 2.75) is 154 Å². The van der Waals surface area contributed by atoms with Crippen LogP contribution in [-0.4, -0.2) is 15.1 Å². The van der Waals surface area contributed by atoms with Gasteiger partial charge >= 0.3 is 15.1 Å². The number of rotatable bonds is 12. The lowest BCUT2D eigenvalue weighted by Gasteiger charge is -2.35. The molecule has 0 unspecified atom stereocenters. The van der Waals surface area contributed by atoms with Gasteiger partial charge in [0.1, 0.15) is 0 Å². The van der Waals surface area contributed by atoms with Crippen molar-refractivity contribution >= 4 is 37.3 Å². The zero-order valence-electron chi connectivity index (χ0n) is 27.8. The van der Waals surface area contributed by atoms with Crippen molar-refractivity contribution in [1.82, 2.24) is 0 Å². The first kappa shape index (κ1) is 35.4. The highest BCUT2D eigenvalue weighted by atomic mass is 31.2. The van der Waals surface area contributed by atoms with Gasteiger partial charge in [0.2, 0.25) is 22.1 Å². The van der Waals surface area contributed by atoms with Gasteiger partial charge in [-0.15, -0.1) is 0 Å². The van der Waals surface area contributed by atoms with E-state index in [1.54, 1.807) is 0 Å². The average molecular weight is 703 g/mol. The molecule has 0 fully saturated rings. The third-order valence-corrected chi connectivity index (χ3v) is 23.2. The highest BCUT2D eigenvalue weighted by Gasteiger charge is 2.54. The standard InChI is InChI=1S/3C12H19O2P.Al/c3*13-15(14,11-7-3-1-4-8-11)12-9-5-2-6-10-12;/h3*7,9H,1-6,8,10H2,(H,13,14);/q;;;+3/p-3. The van der Waals surface area contributed by atoms with E-state index >= 15 is 13.7 Å². The molecule has 252 valence electrons. The van der Waals surface area contributed by atoms with Crippen molar-refractivity contribution in [1.29, 1.82) is 0 Å². The quantitative estimate of drug-likeness (QED) is 0.149. The number of allylic oxidation sites excluding steroid dienone is 12. The largest absolute Gasteiger partial charge is 0.922 e. The summed E-state index contributed by atoms with van der Waals surface area (Å²) < 4.78 is 67.3. The molecule has 6 aliphatic rings. The molecule has 46 heavy (non-hydrogen) atoms. The van der Waals surface area contributed by atoms with Crippen LogP contribution in [0.25, 0.3) is 0 Å². The summed E-state index contributed by atoms with van der Waals surface area (Å²) in [6.07, 6.45) is 34.5. The van der Waals surface area contributed by atoms with Crippen molar-refractivity contribution in [2.75, 3.05) is 0 Å². The van der Waals surface area contributed by atoms with Crippen LogP contribution in [0.15, 0.2) is 68.3 Å². The number of hydrogen-bond acceptors (Lipinski definition) is 6. The molecule has 0 aromatic heterocycles. The molecule has 0 amide bonds. The van der Waals surface area contributed by atoms with E-state index in [4.69, 9.17) is 10.7 Å². The molecule has 0 heterocycles. The second-order valence-corrected chi connectivity index (χ2v) is 23.8. The molecule has 6 nitrogen and oxygen atoms in total. The average Bonchev–Trinajstić information content (AvgIpc) is 3.13. The maximum atomic E-state index is 15.5. The van der Waals surface area contributed by atoms with Crippen LogP contribution in [0.2, 0.25) is 0 Å². The molecular formula is C36H54AlO6P3. The lowest BCUT2D eigenvalue weighted by atomic mass is 10.1. The van der Waals surface area contributed by atoms with E-state index in [0.717, 1.165) is 186 Å². The van der Waals surface area contributed by atoms with Gasteiger partial charge in [0.25, 0.3) is 0 Å². The summed E-state index contributed by atoms with van der Waals surface area (Å²) in [4.78, 5) is 0. The second-order valence-electron chi connectivity index (χ2n) is 13.9. The first-order valence-electron chi connectivity index (χ1n) is 18.4. The Bertz CT molecular complexity index is 1190. The smallest absolute Gasteiger partial charge is 0.399 e. The maximum Gasteiger partial charge on any atom is 0.922 e. The minimum Gasteiger partial charge on any atom is -0.399 e. The van der Waals surface area contributed by atoms with Gasteiger partial charge in [-0.2, -0.15) is 0 Å². The fraction of sp³-hybridized carbons (Fsp3) is 0.667. The topological polar surface area (TPSA) is 78.9 Å². The molecule has 0 N–H and O–H groups in total.